The number of ether oxygens (including phenoxy) is 2. The molecule has 0 spiro atoms. The highest BCUT2D eigenvalue weighted by Crippen LogP contribution is 2.28. The average molecular weight is 330 g/mol. The van der Waals surface area contributed by atoms with Crippen molar-refractivity contribution in [3.8, 4) is 5.75 Å². The standard InChI is InChI=1S/C17H16NO6/c1-2-23-16-9-8-13(10-14(16)18(21)22)15(19)11-24-17(20)12-6-4-3-5-7-12/h3-10,21H,2,11H2,1H3/q-1. The Bertz CT molecular complexity index is 714. The molecule has 2 aromatic carbocycles. The van der Waals surface area contributed by atoms with Gasteiger partial charge in [-0.1, -0.05) is 18.2 Å². The maximum Gasteiger partial charge on any atom is 0.338 e. The number of rotatable bonds is 7. The molecule has 2 rings (SSSR count). The van der Waals surface area contributed by atoms with Crippen LogP contribution >= 0.6 is 0 Å². The zero-order chi connectivity index (χ0) is 17.5. The summed E-state index contributed by atoms with van der Waals surface area (Å²) in [6.07, 6.45) is 0. The first-order valence-corrected chi connectivity index (χ1v) is 7.21. The third-order valence-corrected chi connectivity index (χ3v) is 3.13. The van der Waals surface area contributed by atoms with Crippen LogP contribution in [0.2, 0.25) is 0 Å². The van der Waals surface area contributed by atoms with Gasteiger partial charge in [0, 0.05) is 5.56 Å². The van der Waals surface area contributed by atoms with Crippen LogP contribution in [-0.4, -0.2) is 30.2 Å². The molecule has 2 aromatic rings. The predicted octanol–water partition coefficient (Wildman–Crippen LogP) is 2.82. The fraction of sp³-hybridized carbons (Fsp3) is 0.176. The fourth-order valence-electron chi connectivity index (χ4n) is 1.99. The summed E-state index contributed by atoms with van der Waals surface area (Å²) in [5, 5.41) is 19.9. The van der Waals surface area contributed by atoms with Crippen molar-refractivity contribution in [1.29, 1.82) is 0 Å². The van der Waals surface area contributed by atoms with Gasteiger partial charge < -0.3 is 19.9 Å². The Morgan fingerprint density at radius 1 is 1.12 bits per heavy atom. The maximum atomic E-state index is 12.1. The van der Waals surface area contributed by atoms with Crippen molar-refractivity contribution >= 4 is 17.4 Å². The summed E-state index contributed by atoms with van der Waals surface area (Å²) < 4.78 is 10.1. The van der Waals surface area contributed by atoms with Gasteiger partial charge in [-0.15, -0.1) is 0 Å². The number of esters is 1. The van der Waals surface area contributed by atoms with E-state index in [1.165, 1.54) is 18.2 Å². The molecule has 0 aliphatic rings. The quantitative estimate of drug-likeness (QED) is 0.473. The number of carbonyl (C=O) groups excluding carboxylic acids is 2. The Morgan fingerprint density at radius 3 is 2.46 bits per heavy atom. The second kappa shape index (κ2) is 8.09. The van der Waals surface area contributed by atoms with Crippen molar-refractivity contribution in [1.82, 2.24) is 0 Å². The summed E-state index contributed by atoms with van der Waals surface area (Å²) in [4.78, 5) is 23.9. The molecule has 7 heteroatoms. The zero-order valence-corrected chi connectivity index (χ0v) is 13.0. The van der Waals surface area contributed by atoms with E-state index in [1.807, 2.05) is 0 Å². The molecule has 7 nitrogen and oxygen atoms in total. The number of anilines is 1. The smallest absolute Gasteiger partial charge is 0.338 e. The number of ketones is 1. The van der Waals surface area contributed by atoms with E-state index in [4.69, 9.17) is 14.7 Å². The summed E-state index contributed by atoms with van der Waals surface area (Å²) in [7, 11) is 0. The number of hydrogen-bond acceptors (Lipinski definition) is 7. The Labute approximate surface area is 138 Å². The Balaban J connectivity index is 2.07. The van der Waals surface area contributed by atoms with Gasteiger partial charge in [0.25, 0.3) is 0 Å². The second-order valence-electron chi connectivity index (χ2n) is 4.75. The Morgan fingerprint density at radius 2 is 1.83 bits per heavy atom. The SMILES string of the molecule is CCOc1ccc(C(=O)COC(=O)c2ccccc2)cc1N([O-])O. The van der Waals surface area contributed by atoms with Crippen molar-refractivity contribution < 1.29 is 24.3 Å². The minimum absolute atomic E-state index is 0.115. The van der Waals surface area contributed by atoms with Crippen molar-refractivity contribution in [2.75, 3.05) is 18.4 Å². The number of hydrogen-bond donors (Lipinski definition) is 1. The highest BCUT2D eigenvalue weighted by molar-refractivity contribution is 6.00. The first kappa shape index (κ1) is 17.5. The van der Waals surface area contributed by atoms with Crippen molar-refractivity contribution in [2.45, 2.75) is 6.92 Å². The van der Waals surface area contributed by atoms with Crippen LogP contribution in [0, 0.1) is 5.21 Å². The zero-order valence-electron chi connectivity index (χ0n) is 13.0. The summed E-state index contributed by atoms with van der Waals surface area (Å²) in [6.45, 7) is 1.53. The topological polar surface area (TPSA) is 99.1 Å². The maximum absolute atomic E-state index is 12.1. The number of Topliss-reactive ketones (excluding diaryl/α,β-unsaturated/α-hetero) is 1. The molecule has 0 fully saturated rings. The van der Waals surface area contributed by atoms with Crippen molar-refractivity contribution in [3.05, 3.63) is 64.9 Å². The Hall–Kier alpha value is -2.90. The van der Waals surface area contributed by atoms with E-state index >= 15 is 0 Å². The summed E-state index contributed by atoms with van der Waals surface area (Å²) in [6, 6.07) is 12.3. The van der Waals surface area contributed by atoms with Crippen LogP contribution in [0.15, 0.2) is 48.5 Å². The van der Waals surface area contributed by atoms with Gasteiger partial charge in [0.15, 0.2) is 12.4 Å². The Kier molecular flexibility index (Phi) is 5.89. The van der Waals surface area contributed by atoms with Crippen LogP contribution < -0.4 is 9.96 Å². The summed E-state index contributed by atoms with van der Waals surface area (Å²) >= 11 is 0. The van der Waals surface area contributed by atoms with Crippen LogP contribution in [0.4, 0.5) is 5.69 Å². The van der Waals surface area contributed by atoms with E-state index in [0.717, 1.165) is 0 Å². The number of nitrogens with zero attached hydrogens (tertiary/aromatic N) is 1. The first-order valence-electron chi connectivity index (χ1n) is 7.21. The molecular formula is C17H16NO6-. The van der Waals surface area contributed by atoms with E-state index in [2.05, 4.69) is 0 Å². The third kappa shape index (κ3) is 4.31. The van der Waals surface area contributed by atoms with Gasteiger partial charge in [-0.3, -0.25) is 10.0 Å². The van der Waals surface area contributed by atoms with E-state index in [9.17, 15) is 14.8 Å². The molecule has 0 radical (unpaired) electrons. The molecule has 0 aliphatic carbocycles. The predicted molar refractivity (Wildman–Crippen MR) is 86.3 cm³/mol. The highest BCUT2D eigenvalue weighted by atomic mass is 16.8. The minimum atomic E-state index is -0.622. The summed E-state index contributed by atoms with van der Waals surface area (Å²) in [5.74, 6) is -0.985. The van der Waals surface area contributed by atoms with Gasteiger partial charge in [0.2, 0.25) is 0 Å². The molecule has 0 heterocycles. The molecule has 24 heavy (non-hydrogen) atoms. The van der Waals surface area contributed by atoms with Gasteiger partial charge in [-0.25, -0.2) is 4.79 Å². The first-order chi connectivity index (χ1) is 11.5. The molecule has 0 bridgehead atoms. The fourth-order valence-corrected chi connectivity index (χ4v) is 1.99. The molecule has 0 saturated carbocycles. The van der Waals surface area contributed by atoms with Crippen LogP contribution in [-0.2, 0) is 4.74 Å². The van der Waals surface area contributed by atoms with Crippen molar-refractivity contribution in [3.63, 3.8) is 0 Å². The summed E-state index contributed by atoms with van der Waals surface area (Å²) in [5.41, 5.74) is 0.250. The van der Waals surface area contributed by atoms with E-state index in [-0.39, 0.29) is 22.2 Å². The van der Waals surface area contributed by atoms with Crippen LogP contribution in [0.3, 0.4) is 0 Å². The van der Waals surface area contributed by atoms with Gasteiger partial charge in [0.1, 0.15) is 5.75 Å². The normalized spacial score (nSPS) is 10.1. The molecule has 0 amide bonds. The molecule has 126 valence electrons. The lowest BCUT2D eigenvalue weighted by atomic mass is 10.1. The molecule has 0 unspecified atom stereocenters. The highest BCUT2D eigenvalue weighted by Gasteiger charge is 2.14. The molecule has 0 saturated heterocycles. The van der Waals surface area contributed by atoms with Crippen LogP contribution in [0.25, 0.3) is 0 Å². The van der Waals surface area contributed by atoms with Gasteiger partial charge in [-0.2, -0.15) is 0 Å². The average Bonchev–Trinajstić information content (AvgIpc) is 2.60. The largest absolute Gasteiger partial charge is 0.733 e. The van der Waals surface area contributed by atoms with Crippen LogP contribution in [0.5, 0.6) is 5.75 Å². The number of carbonyl (C=O) groups is 2. The molecule has 0 atom stereocenters. The van der Waals surface area contributed by atoms with Gasteiger partial charge >= 0.3 is 5.97 Å². The minimum Gasteiger partial charge on any atom is -0.733 e. The van der Waals surface area contributed by atoms with E-state index < -0.39 is 18.4 Å². The van der Waals surface area contributed by atoms with E-state index in [0.29, 0.717) is 12.2 Å². The van der Waals surface area contributed by atoms with Crippen LogP contribution in [0.1, 0.15) is 27.6 Å². The third-order valence-electron chi connectivity index (χ3n) is 3.13. The molecular weight excluding hydrogens is 314 g/mol. The lowest BCUT2D eigenvalue weighted by Crippen LogP contribution is -2.15. The van der Waals surface area contributed by atoms with E-state index in [1.54, 1.807) is 37.3 Å². The lowest BCUT2D eigenvalue weighted by Gasteiger charge is -2.24. The second-order valence-corrected chi connectivity index (χ2v) is 4.75. The van der Waals surface area contributed by atoms with Gasteiger partial charge in [-0.05, 0) is 37.3 Å². The van der Waals surface area contributed by atoms with Gasteiger partial charge in [0.05, 0.1) is 17.9 Å². The molecule has 0 aliphatic heterocycles. The monoisotopic (exact) mass is 330 g/mol. The molecule has 0 aromatic heterocycles. The van der Waals surface area contributed by atoms with Crippen molar-refractivity contribution in [2.24, 2.45) is 0 Å². The number of benzene rings is 2. The lowest BCUT2D eigenvalue weighted by molar-refractivity contribution is 0.0474. The molecule has 1 N–H and O–H groups in total.